The van der Waals surface area contributed by atoms with Gasteiger partial charge in [-0.3, -0.25) is 4.90 Å². The van der Waals surface area contributed by atoms with Gasteiger partial charge in [0.15, 0.2) is 5.84 Å². The lowest BCUT2D eigenvalue weighted by atomic mass is 10.1. The highest BCUT2D eigenvalue weighted by Gasteiger charge is 2.19. The molecular weight excluding hydrogens is 240 g/mol. The standard InChI is InChI=1S/C14H22N4O/c1-2-7-17-8-10-18(11-9-17)13-6-4-3-5-12(13)14(15)16-19/h3-6,19H,2,7-11H2,1H3,(H2,15,16). The summed E-state index contributed by atoms with van der Waals surface area (Å²) in [6.45, 7) is 7.47. The van der Waals surface area contributed by atoms with Gasteiger partial charge < -0.3 is 15.8 Å². The van der Waals surface area contributed by atoms with E-state index in [2.05, 4.69) is 21.9 Å². The molecule has 1 aromatic carbocycles. The first-order chi connectivity index (χ1) is 9.26. The molecule has 3 N–H and O–H groups in total. The van der Waals surface area contributed by atoms with Crippen LogP contribution in [0.4, 0.5) is 5.69 Å². The number of benzene rings is 1. The SMILES string of the molecule is CCCN1CCN(c2ccccc2/C(N)=N/O)CC1. The molecule has 0 unspecified atom stereocenters. The van der Waals surface area contributed by atoms with Gasteiger partial charge in [0, 0.05) is 37.4 Å². The van der Waals surface area contributed by atoms with Crippen molar-refractivity contribution in [2.75, 3.05) is 37.6 Å². The minimum atomic E-state index is 0.173. The molecule has 1 aromatic rings. The Hall–Kier alpha value is -1.75. The van der Waals surface area contributed by atoms with Crippen LogP contribution in [0.1, 0.15) is 18.9 Å². The molecule has 0 radical (unpaired) electrons. The first-order valence-corrected chi connectivity index (χ1v) is 6.80. The Labute approximate surface area is 114 Å². The predicted molar refractivity (Wildman–Crippen MR) is 77.9 cm³/mol. The van der Waals surface area contributed by atoms with Crippen LogP contribution in [0.3, 0.4) is 0 Å². The van der Waals surface area contributed by atoms with Crippen molar-refractivity contribution in [2.24, 2.45) is 10.9 Å². The Morgan fingerprint density at radius 2 is 1.95 bits per heavy atom. The number of nitrogens with zero attached hydrogens (tertiary/aromatic N) is 3. The summed E-state index contributed by atoms with van der Waals surface area (Å²) >= 11 is 0. The number of nitrogens with two attached hydrogens (primary N) is 1. The van der Waals surface area contributed by atoms with Gasteiger partial charge >= 0.3 is 0 Å². The van der Waals surface area contributed by atoms with Gasteiger partial charge in [-0.25, -0.2) is 0 Å². The van der Waals surface area contributed by atoms with Crippen LogP contribution in [0.5, 0.6) is 0 Å². The fourth-order valence-electron chi connectivity index (χ4n) is 2.55. The molecule has 2 rings (SSSR count). The maximum absolute atomic E-state index is 8.86. The number of piperazine rings is 1. The fourth-order valence-corrected chi connectivity index (χ4v) is 2.55. The van der Waals surface area contributed by atoms with Gasteiger partial charge in [0.2, 0.25) is 0 Å². The summed E-state index contributed by atoms with van der Waals surface area (Å²) in [7, 11) is 0. The molecule has 5 heteroatoms. The maximum Gasteiger partial charge on any atom is 0.172 e. The average Bonchev–Trinajstić information content (AvgIpc) is 2.47. The summed E-state index contributed by atoms with van der Waals surface area (Å²) in [5.41, 5.74) is 7.59. The Morgan fingerprint density at radius 1 is 1.26 bits per heavy atom. The molecule has 5 nitrogen and oxygen atoms in total. The molecule has 0 bridgehead atoms. The highest BCUT2D eigenvalue weighted by Crippen LogP contribution is 2.21. The second-order valence-electron chi connectivity index (χ2n) is 4.83. The zero-order valence-corrected chi connectivity index (χ0v) is 11.4. The second kappa shape index (κ2) is 6.43. The molecule has 1 saturated heterocycles. The van der Waals surface area contributed by atoms with E-state index in [4.69, 9.17) is 10.9 Å². The first-order valence-electron chi connectivity index (χ1n) is 6.80. The third-order valence-corrected chi connectivity index (χ3v) is 3.54. The minimum absolute atomic E-state index is 0.173. The van der Waals surface area contributed by atoms with E-state index in [0.717, 1.165) is 44.0 Å². The number of oxime groups is 1. The highest BCUT2D eigenvalue weighted by atomic mass is 16.4. The van der Waals surface area contributed by atoms with E-state index in [1.54, 1.807) is 0 Å². The summed E-state index contributed by atoms with van der Waals surface area (Å²) in [6, 6.07) is 7.82. The van der Waals surface area contributed by atoms with Gasteiger partial charge in [0.05, 0.1) is 0 Å². The Morgan fingerprint density at radius 3 is 2.58 bits per heavy atom. The zero-order chi connectivity index (χ0) is 13.7. The number of amidine groups is 1. The zero-order valence-electron chi connectivity index (χ0n) is 11.4. The van der Waals surface area contributed by atoms with Crippen LogP contribution in [0, 0.1) is 0 Å². The lowest BCUT2D eigenvalue weighted by Crippen LogP contribution is -2.47. The third kappa shape index (κ3) is 3.17. The minimum Gasteiger partial charge on any atom is -0.409 e. The molecular formula is C14H22N4O. The number of anilines is 1. The van der Waals surface area contributed by atoms with Crippen LogP contribution in [-0.4, -0.2) is 48.7 Å². The molecule has 0 aromatic heterocycles. The van der Waals surface area contributed by atoms with Crippen molar-refractivity contribution in [1.82, 2.24) is 4.90 Å². The van der Waals surface area contributed by atoms with E-state index in [-0.39, 0.29) is 5.84 Å². The van der Waals surface area contributed by atoms with Gasteiger partial charge in [-0.05, 0) is 25.1 Å². The maximum atomic E-state index is 8.86. The smallest absolute Gasteiger partial charge is 0.172 e. The topological polar surface area (TPSA) is 65.1 Å². The van der Waals surface area contributed by atoms with Gasteiger partial charge in [-0.15, -0.1) is 0 Å². The molecule has 1 aliphatic rings. The molecule has 0 atom stereocenters. The monoisotopic (exact) mass is 262 g/mol. The van der Waals surface area contributed by atoms with E-state index in [0.29, 0.717) is 0 Å². The van der Waals surface area contributed by atoms with Crippen LogP contribution in [-0.2, 0) is 0 Å². The molecule has 1 fully saturated rings. The predicted octanol–water partition coefficient (Wildman–Crippen LogP) is 1.31. The van der Waals surface area contributed by atoms with Crippen LogP contribution >= 0.6 is 0 Å². The summed E-state index contributed by atoms with van der Waals surface area (Å²) in [5.74, 6) is 0.173. The Bertz CT molecular complexity index is 439. The molecule has 1 heterocycles. The summed E-state index contributed by atoms with van der Waals surface area (Å²) in [4.78, 5) is 4.78. The fraction of sp³-hybridized carbons (Fsp3) is 0.500. The van der Waals surface area contributed by atoms with Crippen molar-refractivity contribution in [3.63, 3.8) is 0 Å². The van der Waals surface area contributed by atoms with Crippen LogP contribution in [0.15, 0.2) is 29.4 Å². The van der Waals surface area contributed by atoms with Crippen LogP contribution in [0.25, 0.3) is 0 Å². The molecule has 0 aliphatic carbocycles. The largest absolute Gasteiger partial charge is 0.409 e. The highest BCUT2D eigenvalue weighted by molar-refractivity contribution is 6.02. The third-order valence-electron chi connectivity index (χ3n) is 3.54. The molecule has 1 aliphatic heterocycles. The van der Waals surface area contributed by atoms with E-state index < -0.39 is 0 Å². The van der Waals surface area contributed by atoms with Crippen molar-refractivity contribution >= 4 is 11.5 Å². The molecule has 104 valence electrons. The molecule has 0 amide bonds. The first kappa shape index (κ1) is 13.7. The Balaban J connectivity index is 2.11. The van der Waals surface area contributed by atoms with Crippen molar-refractivity contribution in [3.05, 3.63) is 29.8 Å². The number of para-hydroxylation sites is 1. The van der Waals surface area contributed by atoms with Gasteiger partial charge in [-0.2, -0.15) is 0 Å². The van der Waals surface area contributed by atoms with E-state index in [9.17, 15) is 0 Å². The van der Waals surface area contributed by atoms with Gasteiger partial charge in [0.1, 0.15) is 0 Å². The lowest BCUT2D eigenvalue weighted by molar-refractivity contribution is 0.258. The van der Waals surface area contributed by atoms with Gasteiger partial charge in [-0.1, -0.05) is 24.2 Å². The number of hydrogen-bond acceptors (Lipinski definition) is 4. The molecule has 0 saturated carbocycles. The van der Waals surface area contributed by atoms with Crippen LogP contribution < -0.4 is 10.6 Å². The number of rotatable bonds is 4. The normalized spacial score (nSPS) is 17.7. The van der Waals surface area contributed by atoms with E-state index >= 15 is 0 Å². The van der Waals surface area contributed by atoms with Crippen molar-refractivity contribution < 1.29 is 5.21 Å². The quantitative estimate of drug-likeness (QED) is 0.372. The van der Waals surface area contributed by atoms with E-state index in [1.165, 1.54) is 6.42 Å². The van der Waals surface area contributed by atoms with Crippen LogP contribution in [0.2, 0.25) is 0 Å². The van der Waals surface area contributed by atoms with E-state index in [1.807, 2.05) is 24.3 Å². The van der Waals surface area contributed by atoms with Crippen molar-refractivity contribution in [2.45, 2.75) is 13.3 Å². The Kier molecular flexibility index (Phi) is 4.63. The molecule has 0 spiro atoms. The van der Waals surface area contributed by atoms with Crippen molar-refractivity contribution in [1.29, 1.82) is 0 Å². The summed E-state index contributed by atoms with van der Waals surface area (Å²) in [6.07, 6.45) is 1.20. The second-order valence-corrected chi connectivity index (χ2v) is 4.83. The molecule has 19 heavy (non-hydrogen) atoms. The number of hydrogen-bond donors (Lipinski definition) is 2. The summed E-state index contributed by atoms with van der Waals surface area (Å²) in [5, 5.41) is 12.0. The van der Waals surface area contributed by atoms with Crippen molar-refractivity contribution in [3.8, 4) is 0 Å². The lowest BCUT2D eigenvalue weighted by Gasteiger charge is -2.36. The van der Waals surface area contributed by atoms with Gasteiger partial charge in [0.25, 0.3) is 0 Å². The summed E-state index contributed by atoms with van der Waals surface area (Å²) < 4.78 is 0. The average molecular weight is 262 g/mol.